The molecule has 0 N–H and O–H groups in total. The van der Waals surface area contributed by atoms with Crippen LogP contribution in [0, 0.1) is 0 Å². The summed E-state index contributed by atoms with van der Waals surface area (Å²) in [6, 6.07) is 28.0. The lowest BCUT2D eigenvalue weighted by atomic mass is 9.60. The average Bonchev–Trinajstić information content (AvgIpc) is 3.62. The molecule has 0 aliphatic carbocycles. The Bertz CT molecular complexity index is 3550. The Balaban J connectivity index is 1.15. The molecule has 0 bridgehead atoms. The van der Waals surface area contributed by atoms with Crippen LogP contribution in [0.5, 0.6) is 0 Å². The third-order valence-corrected chi connectivity index (χ3v) is 11.5. The summed E-state index contributed by atoms with van der Waals surface area (Å²) in [4.78, 5) is 14.4. The molecular formula is C45H15B12N3O. The molecule has 0 saturated carbocycles. The molecule has 0 saturated heterocycles. The largest absolute Gasteiger partial charge is 0.456 e. The van der Waals surface area contributed by atoms with Gasteiger partial charge in [0.05, 0.1) is 0 Å². The first kappa shape index (κ1) is 39.3. The number of furan rings is 1. The van der Waals surface area contributed by atoms with Gasteiger partial charge in [-0.2, -0.15) is 0 Å². The van der Waals surface area contributed by atoms with Crippen LogP contribution >= 0.6 is 0 Å². The lowest BCUT2D eigenvalue weighted by Gasteiger charge is -2.23. The Hall–Kier alpha value is -5.87. The third kappa shape index (κ3) is 6.03. The van der Waals surface area contributed by atoms with Crippen molar-refractivity contribution >= 4 is 214 Å². The van der Waals surface area contributed by atoms with Crippen LogP contribution in [0.25, 0.3) is 99.5 Å². The van der Waals surface area contributed by atoms with E-state index in [0.717, 1.165) is 32.5 Å². The van der Waals surface area contributed by atoms with Gasteiger partial charge in [-0.3, -0.25) is 0 Å². The summed E-state index contributed by atoms with van der Waals surface area (Å²) in [6.45, 7) is 0. The van der Waals surface area contributed by atoms with E-state index >= 15 is 0 Å². The van der Waals surface area contributed by atoms with Gasteiger partial charge in [-0.25, -0.2) is 15.0 Å². The van der Waals surface area contributed by atoms with Crippen molar-refractivity contribution < 1.29 is 4.42 Å². The molecule has 61 heavy (non-hydrogen) atoms. The maximum atomic E-state index is 7.14. The van der Waals surface area contributed by atoms with Crippen LogP contribution < -0.4 is 65.6 Å². The molecule has 2 aromatic heterocycles. The predicted octanol–water partition coefficient (Wildman–Crippen LogP) is -2.58. The summed E-state index contributed by atoms with van der Waals surface area (Å²) in [5.74, 6) is 0.857. The topological polar surface area (TPSA) is 51.8 Å². The van der Waals surface area contributed by atoms with Gasteiger partial charge in [-0.05, 0) is 67.7 Å². The van der Waals surface area contributed by atoms with Crippen molar-refractivity contribution in [2.45, 2.75) is 0 Å². The summed E-state index contributed by atoms with van der Waals surface area (Å²) >= 11 is 0. The van der Waals surface area contributed by atoms with Gasteiger partial charge < -0.3 is 4.42 Å². The van der Waals surface area contributed by atoms with Gasteiger partial charge in [-0.15, -0.1) is 32.8 Å². The fraction of sp³-hybridized carbons (Fsp3) is 0. The van der Waals surface area contributed by atoms with E-state index in [1.54, 1.807) is 18.2 Å². The maximum absolute atomic E-state index is 7.14. The Kier molecular flexibility index (Phi) is 9.25. The molecule has 0 aliphatic heterocycles. The van der Waals surface area contributed by atoms with E-state index in [-0.39, 0.29) is 38.7 Å². The normalized spacial score (nSPS) is 11.7. The highest BCUT2D eigenvalue weighted by Gasteiger charge is 2.22. The molecule has 252 valence electrons. The van der Waals surface area contributed by atoms with Crippen molar-refractivity contribution in [3.63, 3.8) is 0 Å². The molecule has 24 radical (unpaired) electrons. The van der Waals surface area contributed by atoms with Crippen molar-refractivity contribution in [3.8, 4) is 45.3 Å². The lowest BCUT2D eigenvalue weighted by Crippen LogP contribution is -2.55. The van der Waals surface area contributed by atoms with Gasteiger partial charge in [0.1, 0.15) is 105 Å². The first-order valence-electron chi connectivity index (χ1n) is 18.9. The van der Waals surface area contributed by atoms with E-state index in [1.807, 2.05) is 72.8 Å². The van der Waals surface area contributed by atoms with Crippen LogP contribution in [-0.4, -0.2) is 109 Å². The summed E-state index contributed by atoms with van der Waals surface area (Å²) in [7, 11) is 77.8. The molecule has 0 spiro atoms. The van der Waals surface area contributed by atoms with Crippen LogP contribution in [0.15, 0.2) is 95.4 Å². The zero-order valence-corrected chi connectivity index (χ0v) is 32.3. The number of nitrogens with zero attached hydrogens (tertiary/aromatic N) is 3. The molecule has 0 fully saturated rings. The van der Waals surface area contributed by atoms with Gasteiger partial charge in [0.2, 0.25) is 0 Å². The molecular weight excluding hydrogens is 728 g/mol. The van der Waals surface area contributed by atoms with Crippen LogP contribution in [0.1, 0.15) is 0 Å². The number of aromatic nitrogens is 3. The highest BCUT2D eigenvalue weighted by atomic mass is 16.3. The Morgan fingerprint density at radius 1 is 0.311 bits per heavy atom. The summed E-state index contributed by atoms with van der Waals surface area (Å²) in [5, 5.41) is 5.79. The maximum Gasteiger partial charge on any atom is 0.164 e. The summed E-state index contributed by atoms with van der Waals surface area (Å²) in [6.07, 6.45) is 0. The standard InChI is InChI=1S/C45H15B12N3O/c46-24-12-21-22(13-25(24)47)32-34(27(49)15-28(50)36(32)51)33-23(21)14-26(48)31(37(33)52)17-6-8-19-20-9-7-18(11-30(20)61-29(19)10-17)44-58-43(16-4-2-1-3-5-16)59-45(60-44)35-38(53)40(55)42(57)41(56)39(35)54/h1-15H. The van der Waals surface area contributed by atoms with Gasteiger partial charge in [0, 0.05) is 27.5 Å². The number of fused-ring (bicyclic) bond motifs is 9. The van der Waals surface area contributed by atoms with Gasteiger partial charge in [0.25, 0.3) is 0 Å². The molecule has 0 unspecified atom stereocenters. The molecule has 0 aliphatic rings. The fourth-order valence-corrected chi connectivity index (χ4v) is 8.38. The predicted molar refractivity (Wildman–Crippen MR) is 266 cm³/mol. The van der Waals surface area contributed by atoms with Crippen LogP contribution in [0.3, 0.4) is 0 Å². The third-order valence-electron chi connectivity index (χ3n) is 11.5. The van der Waals surface area contributed by atoms with E-state index in [9.17, 15) is 0 Å². The van der Waals surface area contributed by atoms with E-state index in [4.69, 9.17) is 114 Å². The minimum Gasteiger partial charge on any atom is -0.456 e. The van der Waals surface area contributed by atoms with Gasteiger partial charge >= 0.3 is 0 Å². The molecule has 10 aromatic rings. The van der Waals surface area contributed by atoms with Crippen molar-refractivity contribution in [1.29, 1.82) is 0 Å². The van der Waals surface area contributed by atoms with Crippen LogP contribution in [-0.2, 0) is 0 Å². The van der Waals surface area contributed by atoms with E-state index in [1.165, 1.54) is 0 Å². The van der Waals surface area contributed by atoms with E-state index in [0.29, 0.717) is 93.9 Å². The molecule has 0 atom stereocenters. The molecule has 10 rings (SSSR count). The van der Waals surface area contributed by atoms with E-state index < -0.39 is 0 Å². The second-order valence-electron chi connectivity index (χ2n) is 15.1. The molecule has 0 amide bonds. The first-order valence-corrected chi connectivity index (χ1v) is 18.9. The summed E-state index contributed by atoms with van der Waals surface area (Å²) < 4.78 is 6.54. The lowest BCUT2D eigenvalue weighted by molar-refractivity contribution is 0.669. The molecule has 4 nitrogen and oxygen atoms in total. The average molecular weight is 743 g/mol. The SMILES string of the molecule is [B]c1cc2c(cc1[B])c1c([B])c([B])cc([B])c1c1c([B])c(-c3ccc4c(c3)oc3cc(-c5nc(-c6ccccc6)nc(-c6c([B])c([B])c([B])c([B])c6[B])n5)ccc34)c([B])cc21. The van der Waals surface area contributed by atoms with Crippen molar-refractivity contribution in [3.05, 3.63) is 91.0 Å². The van der Waals surface area contributed by atoms with Gasteiger partial charge in [0.15, 0.2) is 17.5 Å². The highest BCUT2D eigenvalue weighted by molar-refractivity contribution is 6.69. The van der Waals surface area contributed by atoms with Crippen molar-refractivity contribution in [1.82, 2.24) is 15.0 Å². The molecule has 8 aromatic carbocycles. The second kappa shape index (κ2) is 14.4. The molecule has 16 heteroatoms. The zero-order valence-electron chi connectivity index (χ0n) is 32.3. The quantitative estimate of drug-likeness (QED) is 0.147. The number of benzene rings is 8. The smallest absolute Gasteiger partial charge is 0.164 e. The number of hydrogen-bond acceptors (Lipinski definition) is 4. The fourth-order valence-electron chi connectivity index (χ4n) is 8.38. The minimum atomic E-state index is 0.0804. The zero-order chi connectivity index (χ0) is 42.8. The van der Waals surface area contributed by atoms with E-state index in [2.05, 4.69) is 0 Å². The van der Waals surface area contributed by atoms with Crippen LogP contribution in [0.4, 0.5) is 0 Å². The van der Waals surface area contributed by atoms with Crippen molar-refractivity contribution in [2.75, 3.05) is 0 Å². The summed E-state index contributed by atoms with van der Waals surface area (Å²) in [5.41, 5.74) is 7.16. The Morgan fingerprint density at radius 2 is 0.820 bits per heavy atom. The van der Waals surface area contributed by atoms with Crippen molar-refractivity contribution in [2.24, 2.45) is 0 Å². The van der Waals surface area contributed by atoms with Crippen LogP contribution in [0.2, 0.25) is 0 Å². The van der Waals surface area contributed by atoms with Gasteiger partial charge in [-0.1, -0.05) is 99.5 Å². The number of rotatable bonds is 4. The highest BCUT2D eigenvalue weighted by Crippen LogP contribution is 2.36. The Morgan fingerprint density at radius 3 is 1.46 bits per heavy atom. The number of hydrogen-bond donors (Lipinski definition) is 0. The Labute approximate surface area is 367 Å². The monoisotopic (exact) mass is 745 g/mol. The minimum absolute atomic E-state index is 0.0804. The first-order chi connectivity index (χ1) is 29.2. The molecule has 2 heterocycles. The second-order valence-corrected chi connectivity index (χ2v) is 15.1.